The molecule has 0 amide bonds. The van der Waals surface area contributed by atoms with E-state index in [0.29, 0.717) is 5.56 Å². The van der Waals surface area contributed by atoms with Crippen LogP contribution in [0.25, 0.3) is 62.6 Å². The van der Waals surface area contributed by atoms with Gasteiger partial charge in [-0.05, 0) is 82.9 Å². The van der Waals surface area contributed by atoms with Crippen LogP contribution in [0.3, 0.4) is 0 Å². The summed E-state index contributed by atoms with van der Waals surface area (Å²) in [7, 11) is -3.09. The molecule has 9 rings (SSSR count). The van der Waals surface area contributed by atoms with E-state index in [2.05, 4.69) is 78.9 Å². The van der Waals surface area contributed by atoms with Crippen LogP contribution in [0, 0.1) is 11.3 Å². The molecule has 226 valence electrons. The Balaban J connectivity index is 1.15. The molecule has 0 saturated heterocycles. The molecule has 2 heterocycles. The topological polar surface area (TPSA) is 40.9 Å². The zero-order valence-corrected chi connectivity index (χ0v) is 28.2. The minimum Gasteiger partial charge on any atom is -0.309 e. The Kier molecular flexibility index (Phi) is 6.89. The van der Waals surface area contributed by atoms with Crippen LogP contribution in [-0.4, -0.2) is 0 Å². The van der Waals surface area contributed by atoms with E-state index in [1.165, 1.54) is 40.5 Å². The van der Waals surface area contributed by atoms with Crippen LogP contribution in [0.2, 0.25) is 0 Å². The highest BCUT2D eigenvalue weighted by Crippen LogP contribution is 2.44. The molecule has 0 aliphatic rings. The zero-order valence-electron chi connectivity index (χ0n) is 25.6. The molecule has 0 radical (unpaired) electrons. The highest BCUT2D eigenvalue weighted by atomic mass is 32.1. The molecule has 0 bridgehead atoms. The van der Waals surface area contributed by atoms with E-state index in [1.807, 2.05) is 96.3 Å². The number of rotatable bonds is 5. The molecule has 2 nitrogen and oxygen atoms in total. The predicted molar refractivity (Wildman–Crippen MR) is 207 cm³/mol. The molecule has 0 N–H and O–H groups in total. The summed E-state index contributed by atoms with van der Waals surface area (Å²) in [6, 6.07) is 56.3. The van der Waals surface area contributed by atoms with Crippen molar-refractivity contribution in [3.63, 3.8) is 0 Å². The highest BCUT2D eigenvalue weighted by Gasteiger charge is 2.29. The van der Waals surface area contributed by atoms with Gasteiger partial charge < -0.3 is 4.57 Å². The standard InChI is InChI=1S/C43H26NOPS2/c44-27-28-14-18-40-36(22-28)37-25-31(16-20-41(37)47-40)32-17-21-43-39(26-32)38-24-30(15-19-42(38)48-43)29-8-7-13-35(23-29)46(45,33-9-3-1-4-10-33)34-11-5-2-6-12-34/h1-26H. The highest BCUT2D eigenvalue weighted by molar-refractivity contribution is 7.85. The van der Waals surface area contributed by atoms with E-state index in [9.17, 15) is 5.26 Å². The molecule has 9 aromatic rings. The smallest absolute Gasteiger partial charge is 0.171 e. The fourth-order valence-corrected chi connectivity index (χ4v) is 11.6. The van der Waals surface area contributed by atoms with Crippen molar-refractivity contribution < 1.29 is 4.57 Å². The fourth-order valence-electron chi connectivity index (χ4n) is 6.77. The number of nitriles is 1. The van der Waals surface area contributed by atoms with Gasteiger partial charge in [0, 0.05) is 56.3 Å². The second-order valence-electron chi connectivity index (χ2n) is 12.0. The van der Waals surface area contributed by atoms with Crippen molar-refractivity contribution in [2.75, 3.05) is 0 Å². The van der Waals surface area contributed by atoms with Gasteiger partial charge in [-0.1, -0.05) is 97.1 Å². The van der Waals surface area contributed by atoms with Crippen molar-refractivity contribution in [1.29, 1.82) is 5.26 Å². The SMILES string of the molecule is N#Cc1ccc2sc3ccc(-c4ccc5sc6ccc(-c7cccc(P(=O)(c8ccccc8)c8ccccc8)c7)cc6c5c4)cc3c2c1. The Morgan fingerprint density at radius 3 is 1.31 bits per heavy atom. The van der Waals surface area contributed by atoms with Gasteiger partial charge in [0.05, 0.1) is 11.6 Å². The average molecular weight is 668 g/mol. The van der Waals surface area contributed by atoms with Gasteiger partial charge in [-0.2, -0.15) is 5.26 Å². The largest absolute Gasteiger partial charge is 0.309 e. The van der Waals surface area contributed by atoms with E-state index in [-0.39, 0.29) is 0 Å². The Bertz CT molecular complexity index is 2730. The lowest BCUT2D eigenvalue weighted by Crippen LogP contribution is -2.25. The van der Waals surface area contributed by atoms with Crippen LogP contribution in [0.4, 0.5) is 0 Å². The monoisotopic (exact) mass is 667 g/mol. The number of thiophene rings is 2. The van der Waals surface area contributed by atoms with Crippen LogP contribution >= 0.6 is 29.8 Å². The molecule has 0 saturated carbocycles. The van der Waals surface area contributed by atoms with Gasteiger partial charge in [0.2, 0.25) is 0 Å². The maximum absolute atomic E-state index is 15.1. The number of nitrogens with zero attached hydrogens (tertiary/aromatic N) is 1. The molecule has 48 heavy (non-hydrogen) atoms. The normalized spacial score (nSPS) is 11.8. The number of fused-ring (bicyclic) bond motifs is 6. The van der Waals surface area contributed by atoms with Crippen molar-refractivity contribution in [2.45, 2.75) is 0 Å². The van der Waals surface area contributed by atoms with Gasteiger partial charge in [-0.3, -0.25) is 0 Å². The Labute approximate surface area is 286 Å². The maximum atomic E-state index is 15.1. The van der Waals surface area contributed by atoms with Crippen molar-refractivity contribution in [2.24, 2.45) is 0 Å². The van der Waals surface area contributed by atoms with E-state index < -0.39 is 7.14 Å². The lowest BCUT2D eigenvalue weighted by molar-refractivity contribution is 0.592. The summed E-state index contributed by atoms with van der Waals surface area (Å²) in [5.74, 6) is 0. The third kappa shape index (κ3) is 4.71. The lowest BCUT2D eigenvalue weighted by Gasteiger charge is -2.20. The molecule has 0 atom stereocenters. The number of benzene rings is 7. The molecular formula is C43H26NOPS2. The fraction of sp³-hybridized carbons (Fsp3) is 0. The molecule has 0 aliphatic carbocycles. The first-order valence-corrected chi connectivity index (χ1v) is 19.1. The number of hydrogen-bond acceptors (Lipinski definition) is 4. The van der Waals surface area contributed by atoms with E-state index in [1.54, 1.807) is 11.3 Å². The molecular weight excluding hydrogens is 642 g/mol. The molecule has 0 fully saturated rings. The van der Waals surface area contributed by atoms with Crippen LogP contribution in [0.5, 0.6) is 0 Å². The Morgan fingerprint density at radius 2 is 0.833 bits per heavy atom. The first kappa shape index (κ1) is 28.9. The van der Waals surface area contributed by atoms with Crippen molar-refractivity contribution in [3.05, 3.63) is 163 Å². The van der Waals surface area contributed by atoms with Crippen molar-refractivity contribution in [3.8, 4) is 28.3 Å². The van der Waals surface area contributed by atoms with Crippen molar-refractivity contribution in [1.82, 2.24) is 0 Å². The molecule has 0 spiro atoms. The number of hydrogen-bond donors (Lipinski definition) is 0. The maximum Gasteiger partial charge on any atom is 0.171 e. The second-order valence-corrected chi connectivity index (χ2v) is 16.9. The van der Waals surface area contributed by atoms with Crippen LogP contribution in [-0.2, 0) is 4.57 Å². The summed E-state index contributed by atoms with van der Waals surface area (Å²) < 4.78 is 20.0. The molecule has 0 unspecified atom stereocenters. The van der Waals surface area contributed by atoms with E-state index >= 15 is 4.57 Å². The molecule has 5 heteroatoms. The van der Waals surface area contributed by atoms with Crippen LogP contribution in [0.15, 0.2) is 158 Å². The summed E-state index contributed by atoms with van der Waals surface area (Å²) in [6.45, 7) is 0. The molecule has 2 aromatic heterocycles. The predicted octanol–water partition coefficient (Wildman–Crippen LogP) is 11.3. The van der Waals surface area contributed by atoms with Gasteiger partial charge in [-0.25, -0.2) is 0 Å². The van der Waals surface area contributed by atoms with E-state index in [0.717, 1.165) is 38.0 Å². The third-order valence-electron chi connectivity index (χ3n) is 9.18. The first-order valence-electron chi connectivity index (χ1n) is 15.7. The minimum absolute atomic E-state index is 0.683. The van der Waals surface area contributed by atoms with E-state index in [4.69, 9.17) is 0 Å². The van der Waals surface area contributed by atoms with Crippen LogP contribution in [0.1, 0.15) is 5.56 Å². The van der Waals surface area contributed by atoms with Gasteiger partial charge in [-0.15, -0.1) is 22.7 Å². The summed E-state index contributed by atoms with van der Waals surface area (Å²) in [5.41, 5.74) is 5.15. The quantitative estimate of drug-likeness (QED) is 0.171. The van der Waals surface area contributed by atoms with Crippen molar-refractivity contribution >= 4 is 86.1 Å². The van der Waals surface area contributed by atoms with Gasteiger partial charge in [0.25, 0.3) is 0 Å². The average Bonchev–Trinajstić information content (AvgIpc) is 3.71. The van der Waals surface area contributed by atoms with Gasteiger partial charge in [0.15, 0.2) is 7.14 Å². The second kappa shape index (κ2) is 11.4. The molecule has 7 aromatic carbocycles. The Morgan fingerprint density at radius 1 is 0.417 bits per heavy atom. The Hall–Kier alpha value is -5.30. The zero-order chi connectivity index (χ0) is 32.2. The van der Waals surface area contributed by atoms with Gasteiger partial charge in [0.1, 0.15) is 0 Å². The van der Waals surface area contributed by atoms with Crippen LogP contribution < -0.4 is 15.9 Å². The minimum atomic E-state index is -3.09. The van der Waals surface area contributed by atoms with Gasteiger partial charge >= 0.3 is 0 Å². The third-order valence-corrected chi connectivity index (χ3v) is 14.5. The summed E-state index contributed by atoms with van der Waals surface area (Å²) in [4.78, 5) is 0. The summed E-state index contributed by atoms with van der Waals surface area (Å²) in [5, 5.41) is 16.7. The lowest BCUT2D eigenvalue weighted by atomic mass is 9.99. The molecule has 0 aliphatic heterocycles. The summed E-state index contributed by atoms with van der Waals surface area (Å²) in [6.07, 6.45) is 0. The summed E-state index contributed by atoms with van der Waals surface area (Å²) >= 11 is 3.57. The first-order chi connectivity index (χ1) is 23.6.